The van der Waals surface area contributed by atoms with Gasteiger partial charge in [0.15, 0.2) is 0 Å². The van der Waals surface area contributed by atoms with Gasteiger partial charge in [0.2, 0.25) is 5.91 Å². The highest BCUT2D eigenvalue weighted by molar-refractivity contribution is 6.00. The molecule has 5 N–H and O–H groups in total. The van der Waals surface area contributed by atoms with Crippen molar-refractivity contribution >= 4 is 23.2 Å². The number of anilines is 2. The number of hydrogen-bond donors (Lipinski definition) is 4. The number of nitrogens with two attached hydrogens (primary N) is 1. The Bertz CT molecular complexity index is 486. The number of hydrogen-bond acceptors (Lipinski definition) is 4. The quantitative estimate of drug-likeness (QED) is 0.583. The molecule has 0 aliphatic rings. The van der Waals surface area contributed by atoms with Gasteiger partial charge in [0, 0.05) is 24.0 Å². The van der Waals surface area contributed by atoms with Gasteiger partial charge >= 0.3 is 0 Å². The number of nitrogens with one attached hydrogen (secondary N) is 3. The minimum absolute atomic E-state index is 0.0769. The zero-order valence-corrected chi connectivity index (χ0v) is 12.1. The SMILES string of the molecule is CCNC(=O)c1ccc(N)cc1NCC(=O)NC(C)C. The largest absolute Gasteiger partial charge is 0.399 e. The van der Waals surface area contributed by atoms with Crippen LogP contribution in [0.3, 0.4) is 0 Å². The Balaban J connectivity index is 2.79. The van der Waals surface area contributed by atoms with E-state index in [0.717, 1.165) is 0 Å². The second-order valence-electron chi connectivity index (χ2n) is 4.74. The van der Waals surface area contributed by atoms with Gasteiger partial charge in [-0.1, -0.05) is 0 Å². The molecule has 0 fully saturated rings. The maximum absolute atomic E-state index is 11.9. The first-order valence-electron chi connectivity index (χ1n) is 6.65. The Labute approximate surface area is 119 Å². The summed E-state index contributed by atoms with van der Waals surface area (Å²) in [4.78, 5) is 23.5. The first-order valence-corrected chi connectivity index (χ1v) is 6.65. The van der Waals surface area contributed by atoms with E-state index in [1.165, 1.54) is 0 Å². The molecule has 1 rings (SSSR count). The van der Waals surface area contributed by atoms with E-state index in [4.69, 9.17) is 5.73 Å². The van der Waals surface area contributed by atoms with Crippen molar-refractivity contribution in [2.45, 2.75) is 26.8 Å². The molecule has 0 unspecified atom stereocenters. The molecule has 0 aliphatic carbocycles. The summed E-state index contributed by atoms with van der Waals surface area (Å²) >= 11 is 0. The Kier molecular flexibility index (Phi) is 5.83. The van der Waals surface area contributed by atoms with E-state index in [0.29, 0.717) is 23.5 Å². The van der Waals surface area contributed by atoms with Crippen LogP contribution in [0.15, 0.2) is 18.2 Å². The third-order valence-electron chi connectivity index (χ3n) is 2.51. The zero-order valence-electron chi connectivity index (χ0n) is 12.1. The standard InChI is InChI=1S/C14H22N4O2/c1-4-16-14(20)11-6-5-10(15)7-12(11)17-8-13(19)18-9(2)3/h5-7,9,17H,4,8,15H2,1-3H3,(H,16,20)(H,18,19). The third-order valence-corrected chi connectivity index (χ3v) is 2.51. The number of rotatable bonds is 6. The van der Waals surface area contributed by atoms with E-state index in [9.17, 15) is 9.59 Å². The molecule has 0 aromatic heterocycles. The van der Waals surface area contributed by atoms with E-state index in [1.54, 1.807) is 18.2 Å². The Morgan fingerprint density at radius 2 is 2.00 bits per heavy atom. The van der Waals surface area contributed by atoms with E-state index in [2.05, 4.69) is 16.0 Å². The summed E-state index contributed by atoms with van der Waals surface area (Å²) in [6, 6.07) is 5.02. The Morgan fingerprint density at radius 1 is 1.30 bits per heavy atom. The average molecular weight is 278 g/mol. The molecule has 0 saturated heterocycles. The van der Waals surface area contributed by atoms with Gasteiger partial charge in [-0.25, -0.2) is 0 Å². The smallest absolute Gasteiger partial charge is 0.253 e. The van der Waals surface area contributed by atoms with E-state index >= 15 is 0 Å². The molecular weight excluding hydrogens is 256 g/mol. The van der Waals surface area contributed by atoms with Crippen LogP contribution in [0, 0.1) is 0 Å². The van der Waals surface area contributed by atoms with Crippen molar-refractivity contribution in [3.8, 4) is 0 Å². The lowest BCUT2D eigenvalue weighted by Gasteiger charge is -2.13. The van der Waals surface area contributed by atoms with Gasteiger partial charge in [0.05, 0.1) is 12.1 Å². The van der Waals surface area contributed by atoms with Gasteiger partial charge in [-0.15, -0.1) is 0 Å². The van der Waals surface area contributed by atoms with Crippen molar-refractivity contribution in [1.29, 1.82) is 0 Å². The normalized spacial score (nSPS) is 10.2. The van der Waals surface area contributed by atoms with Gasteiger partial charge in [-0.05, 0) is 39.0 Å². The molecule has 1 aromatic rings. The summed E-state index contributed by atoms with van der Waals surface area (Å²) < 4.78 is 0. The summed E-state index contributed by atoms with van der Waals surface area (Å²) in [5, 5.41) is 8.44. The predicted molar refractivity (Wildman–Crippen MR) is 80.6 cm³/mol. The molecule has 20 heavy (non-hydrogen) atoms. The van der Waals surface area contributed by atoms with Crippen molar-refractivity contribution in [3.63, 3.8) is 0 Å². The summed E-state index contributed by atoms with van der Waals surface area (Å²) in [6.07, 6.45) is 0. The van der Waals surface area contributed by atoms with Crippen LogP contribution in [-0.4, -0.2) is 30.9 Å². The monoisotopic (exact) mass is 278 g/mol. The number of amides is 2. The molecule has 6 nitrogen and oxygen atoms in total. The number of nitrogen functional groups attached to an aromatic ring is 1. The topological polar surface area (TPSA) is 96.2 Å². The molecule has 110 valence electrons. The Hall–Kier alpha value is -2.24. The fourth-order valence-electron chi connectivity index (χ4n) is 1.71. The van der Waals surface area contributed by atoms with Crippen LogP contribution in [0.1, 0.15) is 31.1 Å². The second-order valence-corrected chi connectivity index (χ2v) is 4.74. The Morgan fingerprint density at radius 3 is 2.60 bits per heavy atom. The molecular formula is C14H22N4O2. The molecule has 0 radical (unpaired) electrons. The maximum atomic E-state index is 11.9. The molecule has 1 aromatic carbocycles. The van der Waals surface area contributed by atoms with Crippen molar-refractivity contribution in [1.82, 2.24) is 10.6 Å². The van der Waals surface area contributed by atoms with Crippen LogP contribution < -0.4 is 21.7 Å². The summed E-state index contributed by atoms with van der Waals surface area (Å²) in [5.41, 5.74) is 7.27. The van der Waals surface area contributed by atoms with Crippen LogP contribution in [-0.2, 0) is 4.79 Å². The zero-order chi connectivity index (χ0) is 15.1. The summed E-state index contributed by atoms with van der Waals surface area (Å²) in [5.74, 6) is -0.330. The third kappa shape index (κ3) is 4.79. The van der Waals surface area contributed by atoms with Gasteiger partial charge in [0.1, 0.15) is 0 Å². The van der Waals surface area contributed by atoms with Crippen LogP contribution in [0.4, 0.5) is 11.4 Å². The lowest BCUT2D eigenvalue weighted by atomic mass is 10.1. The van der Waals surface area contributed by atoms with Crippen molar-refractivity contribution in [2.24, 2.45) is 0 Å². The molecule has 0 atom stereocenters. The van der Waals surface area contributed by atoms with Gasteiger partial charge in [-0.3, -0.25) is 9.59 Å². The highest BCUT2D eigenvalue weighted by Gasteiger charge is 2.12. The van der Waals surface area contributed by atoms with Gasteiger partial charge in [-0.2, -0.15) is 0 Å². The van der Waals surface area contributed by atoms with Crippen LogP contribution in [0.2, 0.25) is 0 Å². The number of carbonyl (C=O) groups excluding carboxylic acids is 2. The highest BCUT2D eigenvalue weighted by Crippen LogP contribution is 2.19. The first kappa shape index (κ1) is 15.8. The van der Waals surface area contributed by atoms with Crippen LogP contribution in [0.5, 0.6) is 0 Å². The van der Waals surface area contributed by atoms with E-state index in [-0.39, 0.29) is 24.4 Å². The molecule has 0 aliphatic heterocycles. The highest BCUT2D eigenvalue weighted by atomic mass is 16.2. The minimum Gasteiger partial charge on any atom is -0.399 e. The maximum Gasteiger partial charge on any atom is 0.253 e. The average Bonchev–Trinajstić information content (AvgIpc) is 2.36. The number of benzene rings is 1. The lowest BCUT2D eigenvalue weighted by Crippen LogP contribution is -2.35. The number of carbonyl (C=O) groups is 2. The van der Waals surface area contributed by atoms with Crippen molar-refractivity contribution in [3.05, 3.63) is 23.8 Å². The van der Waals surface area contributed by atoms with Crippen LogP contribution in [0.25, 0.3) is 0 Å². The van der Waals surface area contributed by atoms with Gasteiger partial charge in [0.25, 0.3) is 5.91 Å². The minimum atomic E-state index is -0.195. The molecule has 0 spiro atoms. The lowest BCUT2D eigenvalue weighted by molar-refractivity contribution is -0.119. The van der Waals surface area contributed by atoms with Gasteiger partial charge < -0.3 is 21.7 Å². The van der Waals surface area contributed by atoms with Crippen molar-refractivity contribution in [2.75, 3.05) is 24.1 Å². The molecule has 2 amide bonds. The van der Waals surface area contributed by atoms with E-state index < -0.39 is 0 Å². The molecule has 6 heteroatoms. The molecule has 0 saturated carbocycles. The van der Waals surface area contributed by atoms with Crippen LogP contribution >= 0.6 is 0 Å². The summed E-state index contributed by atoms with van der Waals surface area (Å²) in [7, 11) is 0. The predicted octanol–water partition coefficient (Wildman–Crippen LogP) is 0.955. The first-order chi connectivity index (χ1) is 9.43. The molecule has 0 bridgehead atoms. The second kappa shape index (κ2) is 7.37. The fraction of sp³-hybridized carbons (Fsp3) is 0.429. The molecule has 0 heterocycles. The summed E-state index contributed by atoms with van der Waals surface area (Å²) in [6.45, 7) is 6.25. The van der Waals surface area contributed by atoms with E-state index in [1.807, 2.05) is 20.8 Å². The van der Waals surface area contributed by atoms with Crippen molar-refractivity contribution < 1.29 is 9.59 Å². The fourth-order valence-corrected chi connectivity index (χ4v) is 1.71.